The maximum absolute atomic E-state index is 14.3. The molecule has 168 valence electrons. The van der Waals surface area contributed by atoms with Crippen molar-refractivity contribution in [2.24, 2.45) is 0 Å². The summed E-state index contributed by atoms with van der Waals surface area (Å²) in [6.45, 7) is 1.81. The van der Waals surface area contributed by atoms with E-state index in [1.807, 2.05) is 0 Å². The largest absolute Gasteiger partial charge is 0.453 e. The van der Waals surface area contributed by atoms with Crippen LogP contribution < -0.4 is 10.1 Å². The molecule has 0 bridgehead atoms. The maximum Gasteiger partial charge on any atom is 0.227 e. The normalized spacial score (nSPS) is 10.8. The molecule has 0 saturated carbocycles. The molecule has 0 aliphatic rings. The lowest BCUT2D eigenvalue weighted by atomic mass is 10.1. The summed E-state index contributed by atoms with van der Waals surface area (Å²) < 4.78 is 38.4. The van der Waals surface area contributed by atoms with E-state index in [1.54, 1.807) is 43.5 Å². The van der Waals surface area contributed by atoms with Gasteiger partial charge in [0.15, 0.2) is 11.6 Å². The summed E-state index contributed by atoms with van der Waals surface area (Å²) in [6, 6.07) is 12.4. The predicted octanol–water partition coefficient (Wildman–Crippen LogP) is 4.76. The number of nitrogens with one attached hydrogen (secondary N) is 1. The average molecular weight is 450 g/mol. The van der Waals surface area contributed by atoms with Crippen molar-refractivity contribution in [1.82, 2.24) is 20.4 Å². The number of rotatable bonds is 8. The van der Waals surface area contributed by atoms with E-state index in [4.69, 9.17) is 9.26 Å². The minimum atomic E-state index is -0.542. The number of carbonyl (C=O) groups excluding carboxylic acids is 1. The molecule has 4 rings (SSSR count). The molecular weight excluding hydrogens is 430 g/mol. The van der Waals surface area contributed by atoms with E-state index in [0.29, 0.717) is 34.2 Å². The Balaban J connectivity index is 1.27. The Morgan fingerprint density at radius 3 is 2.76 bits per heavy atom. The zero-order valence-electron chi connectivity index (χ0n) is 17.7. The van der Waals surface area contributed by atoms with E-state index in [9.17, 15) is 13.6 Å². The Hall–Kier alpha value is -4.14. The molecule has 33 heavy (non-hydrogen) atoms. The SMILES string of the molecule is Cc1cc(-c2noc(CCC(=O)NCc3ccc(Oc4cccnc4)c(F)c3)n2)ccc1F. The van der Waals surface area contributed by atoms with Crippen LogP contribution in [0.15, 0.2) is 65.4 Å². The molecule has 0 saturated heterocycles. The van der Waals surface area contributed by atoms with Gasteiger partial charge in [0.25, 0.3) is 0 Å². The van der Waals surface area contributed by atoms with E-state index in [1.165, 1.54) is 24.4 Å². The minimum Gasteiger partial charge on any atom is -0.453 e. The fourth-order valence-corrected chi connectivity index (χ4v) is 3.04. The molecule has 0 spiro atoms. The van der Waals surface area contributed by atoms with Crippen LogP contribution in [-0.4, -0.2) is 21.0 Å². The van der Waals surface area contributed by atoms with Gasteiger partial charge in [-0.1, -0.05) is 11.2 Å². The minimum absolute atomic E-state index is 0.0709. The zero-order chi connectivity index (χ0) is 23.2. The number of amides is 1. The van der Waals surface area contributed by atoms with Crippen molar-refractivity contribution in [2.45, 2.75) is 26.3 Å². The molecule has 7 nitrogen and oxygen atoms in total. The van der Waals surface area contributed by atoms with E-state index in [-0.39, 0.29) is 36.9 Å². The highest BCUT2D eigenvalue weighted by Crippen LogP contribution is 2.24. The number of halogens is 2. The molecule has 2 aromatic heterocycles. The second-order valence-electron chi connectivity index (χ2n) is 7.31. The summed E-state index contributed by atoms with van der Waals surface area (Å²) in [4.78, 5) is 20.3. The third-order valence-corrected chi connectivity index (χ3v) is 4.80. The third-order valence-electron chi connectivity index (χ3n) is 4.80. The fraction of sp³-hybridized carbons (Fsp3) is 0.167. The maximum atomic E-state index is 14.3. The quantitative estimate of drug-likeness (QED) is 0.416. The van der Waals surface area contributed by atoms with Crippen LogP contribution in [0.25, 0.3) is 11.4 Å². The lowest BCUT2D eigenvalue weighted by Gasteiger charge is -2.09. The van der Waals surface area contributed by atoms with Crippen molar-refractivity contribution in [3.63, 3.8) is 0 Å². The summed E-state index contributed by atoms with van der Waals surface area (Å²) in [5, 5.41) is 6.61. The van der Waals surface area contributed by atoms with Crippen molar-refractivity contribution in [3.8, 4) is 22.9 Å². The molecule has 0 aliphatic carbocycles. The van der Waals surface area contributed by atoms with Gasteiger partial charge in [-0.05, 0) is 60.5 Å². The lowest BCUT2D eigenvalue weighted by molar-refractivity contribution is -0.121. The number of aromatic nitrogens is 3. The van der Waals surface area contributed by atoms with Gasteiger partial charge in [0, 0.05) is 31.1 Å². The van der Waals surface area contributed by atoms with Gasteiger partial charge in [0.05, 0.1) is 6.20 Å². The summed E-state index contributed by atoms with van der Waals surface area (Å²) in [6.07, 6.45) is 3.44. The van der Waals surface area contributed by atoms with E-state index in [2.05, 4.69) is 20.4 Å². The van der Waals surface area contributed by atoms with Crippen LogP contribution in [0.1, 0.15) is 23.4 Å². The standard InChI is InChI=1S/C24H20F2N4O3/c1-15-11-17(5-6-19(15)25)24-29-23(33-30-24)9-8-22(31)28-13-16-4-7-21(20(26)12-16)32-18-3-2-10-27-14-18/h2-7,10-12,14H,8-9,13H2,1H3,(H,28,31). The van der Waals surface area contributed by atoms with Gasteiger partial charge in [-0.2, -0.15) is 4.98 Å². The summed E-state index contributed by atoms with van der Waals surface area (Å²) >= 11 is 0. The molecule has 2 aromatic carbocycles. The summed E-state index contributed by atoms with van der Waals surface area (Å²) in [5.74, 6) is 0.0265. The van der Waals surface area contributed by atoms with Crippen molar-refractivity contribution in [2.75, 3.05) is 0 Å². The van der Waals surface area contributed by atoms with Crippen molar-refractivity contribution >= 4 is 5.91 Å². The second kappa shape index (κ2) is 9.99. The first-order valence-corrected chi connectivity index (χ1v) is 10.2. The number of aryl methyl sites for hydroxylation is 2. The first-order chi connectivity index (χ1) is 16.0. The molecule has 1 amide bonds. The lowest BCUT2D eigenvalue weighted by Crippen LogP contribution is -2.23. The summed E-state index contributed by atoms with van der Waals surface area (Å²) in [5.41, 5.74) is 1.70. The van der Waals surface area contributed by atoms with Crippen LogP contribution in [0.3, 0.4) is 0 Å². The molecule has 0 unspecified atom stereocenters. The number of benzene rings is 2. The smallest absolute Gasteiger partial charge is 0.227 e. The summed E-state index contributed by atoms with van der Waals surface area (Å²) in [7, 11) is 0. The van der Waals surface area contributed by atoms with Crippen molar-refractivity contribution in [3.05, 3.63) is 89.6 Å². The molecule has 0 atom stereocenters. The van der Waals surface area contributed by atoms with Crippen LogP contribution in [0.2, 0.25) is 0 Å². The predicted molar refractivity (Wildman–Crippen MR) is 115 cm³/mol. The number of pyridine rings is 1. The Labute approximate surface area is 188 Å². The molecule has 0 fully saturated rings. The van der Waals surface area contributed by atoms with Gasteiger partial charge >= 0.3 is 0 Å². The number of ether oxygens (including phenoxy) is 1. The monoisotopic (exact) mass is 450 g/mol. The molecular formula is C24H20F2N4O3. The van der Waals surface area contributed by atoms with E-state index in [0.717, 1.165) is 0 Å². The van der Waals surface area contributed by atoms with Crippen LogP contribution in [0.4, 0.5) is 8.78 Å². The number of hydrogen-bond acceptors (Lipinski definition) is 6. The van der Waals surface area contributed by atoms with Crippen molar-refractivity contribution in [1.29, 1.82) is 0 Å². The van der Waals surface area contributed by atoms with Gasteiger partial charge < -0.3 is 14.6 Å². The molecule has 4 aromatic rings. The average Bonchev–Trinajstić information content (AvgIpc) is 3.29. The van der Waals surface area contributed by atoms with Gasteiger partial charge in [-0.25, -0.2) is 8.78 Å². The Morgan fingerprint density at radius 1 is 1.12 bits per heavy atom. The van der Waals surface area contributed by atoms with Crippen LogP contribution in [0.5, 0.6) is 11.5 Å². The Morgan fingerprint density at radius 2 is 2.00 bits per heavy atom. The molecule has 9 heteroatoms. The Bertz CT molecular complexity index is 1260. The molecule has 0 radical (unpaired) electrons. The van der Waals surface area contributed by atoms with Gasteiger partial charge in [-0.3, -0.25) is 9.78 Å². The number of nitrogens with zero attached hydrogens (tertiary/aromatic N) is 3. The van der Waals surface area contributed by atoms with Gasteiger partial charge in [-0.15, -0.1) is 0 Å². The highest BCUT2D eigenvalue weighted by Gasteiger charge is 2.12. The van der Waals surface area contributed by atoms with Crippen LogP contribution >= 0.6 is 0 Å². The first kappa shape index (κ1) is 22.1. The van der Waals surface area contributed by atoms with E-state index < -0.39 is 5.82 Å². The van der Waals surface area contributed by atoms with Crippen LogP contribution in [-0.2, 0) is 17.8 Å². The Kier molecular flexibility index (Phi) is 6.68. The highest BCUT2D eigenvalue weighted by atomic mass is 19.1. The fourth-order valence-electron chi connectivity index (χ4n) is 3.04. The highest BCUT2D eigenvalue weighted by molar-refractivity contribution is 5.76. The van der Waals surface area contributed by atoms with Crippen molar-refractivity contribution < 1.29 is 22.8 Å². The number of carbonyl (C=O) groups is 1. The van der Waals surface area contributed by atoms with E-state index >= 15 is 0 Å². The van der Waals surface area contributed by atoms with Gasteiger partial charge in [0.1, 0.15) is 11.6 Å². The zero-order valence-corrected chi connectivity index (χ0v) is 17.7. The number of hydrogen-bond donors (Lipinski definition) is 1. The van der Waals surface area contributed by atoms with Gasteiger partial charge in [0.2, 0.25) is 17.6 Å². The second-order valence-corrected chi connectivity index (χ2v) is 7.31. The molecule has 0 aliphatic heterocycles. The topological polar surface area (TPSA) is 90.1 Å². The molecule has 2 heterocycles. The first-order valence-electron chi connectivity index (χ1n) is 10.2. The third kappa shape index (κ3) is 5.76. The molecule has 1 N–H and O–H groups in total. The van der Waals surface area contributed by atoms with Crippen LogP contribution in [0, 0.1) is 18.6 Å².